The van der Waals surface area contributed by atoms with Crippen molar-refractivity contribution in [2.24, 2.45) is 5.92 Å². The van der Waals surface area contributed by atoms with Crippen molar-refractivity contribution in [3.05, 3.63) is 19.2 Å². The van der Waals surface area contributed by atoms with Crippen LogP contribution in [-0.4, -0.2) is 24.4 Å². The van der Waals surface area contributed by atoms with E-state index < -0.39 is 0 Å². The summed E-state index contributed by atoms with van der Waals surface area (Å²) in [6.07, 6.45) is 1.09. The van der Waals surface area contributed by atoms with Gasteiger partial charge < -0.3 is 4.90 Å². The van der Waals surface area contributed by atoms with Crippen molar-refractivity contribution in [1.82, 2.24) is 4.90 Å². The molecule has 0 fully saturated rings. The molecular weight excluding hydrogens is 354 g/mol. The van der Waals surface area contributed by atoms with Crippen LogP contribution in [0, 0.1) is 5.92 Å². The number of thiophene rings is 1. The van der Waals surface area contributed by atoms with Crippen LogP contribution in [0.15, 0.2) is 14.3 Å². The number of hydrogen-bond acceptors (Lipinski definition) is 2. The van der Waals surface area contributed by atoms with E-state index in [4.69, 9.17) is 0 Å². The predicted molar refractivity (Wildman–Crippen MR) is 76.1 cm³/mol. The summed E-state index contributed by atoms with van der Waals surface area (Å²) >= 11 is 8.25. The standard InChI is InChI=1S/C11H15Br2NOS/c1-4-7(2)6-14(3)11(15)9-5-8(12)10(13)16-9/h5,7H,4,6H2,1-3H3. The van der Waals surface area contributed by atoms with Crippen LogP contribution in [0.5, 0.6) is 0 Å². The van der Waals surface area contributed by atoms with Crippen LogP contribution in [0.3, 0.4) is 0 Å². The van der Waals surface area contributed by atoms with Crippen molar-refractivity contribution in [3.8, 4) is 0 Å². The van der Waals surface area contributed by atoms with E-state index in [1.165, 1.54) is 11.3 Å². The van der Waals surface area contributed by atoms with Crippen molar-refractivity contribution in [2.75, 3.05) is 13.6 Å². The van der Waals surface area contributed by atoms with Crippen molar-refractivity contribution < 1.29 is 4.79 Å². The van der Waals surface area contributed by atoms with Gasteiger partial charge in [-0.25, -0.2) is 0 Å². The molecule has 0 spiro atoms. The fourth-order valence-electron chi connectivity index (χ4n) is 1.32. The number of nitrogens with zero attached hydrogens (tertiary/aromatic N) is 1. The molecule has 0 N–H and O–H groups in total. The SMILES string of the molecule is CCC(C)CN(C)C(=O)c1cc(Br)c(Br)s1. The number of amides is 1. The molecular formula is C11H15Br2NOS. The van der Waals surface area contributed by atoms with Crippen molar-refractivity contribution >= 4 is 49.1 Å². The Morgan fingerprint density at radius 1 is 1.56 bits per heavy atom. The maximum absolute atomic E-state index is 12.1. The molecule has 1 aromatic heterocycles. The van der Waals surface area contributed by atoms with E-state index in [1.807, 2.05) is 13.1 Å². The second-order valence-corrected chi connectivity index (χ2v) is 7.16. The quantitative estimate of drug-likeness (QED) is 0.771. The molecule has 2 nitrogen and oxygen atoms in total. The lowest BCUT2D eigenvalue weighted by molar-refractivity contribution is 0.0779. The van der Waals surface area contributed by atoms with Gasteiger partial charge in [-0.1, -0.05) is 20.3 Å². The lowest BCUT2D eigenvalue weighted by atomic mass is 10.1. The Morgan fingerprint density at radius 2 is 2.19 bits per heavy atom. The first-order valence-corrected chi connectivity index (χ1v) is 7.56. The second kappa shape index (κ2) is 6.17. The zero-order valence-electron chi connectivity index (χ0n) is 9.59. The fourth-order valence-corrected chi connectivity index (χ4v) is 3.35. The van der Waals surface area contributed by atoms with Crippen LogP contribution in [0.2, 0.25) is 0 Å². The van der Waals surface area contributed by atoms with Gasteiger partial charge in [-0.3, -0.25) is 4.79 Å². The first kappa shape index (κ1) is 14.2. The highest BCUT2D eigenvalue weighted by molar-refractivity contribution is 9.13. The number of halogens is 2. The summed E-state index contributed by atoms with van der Waals surface area (Å²) in [7, 11) is 1.86. The molecule has 0 saturated heterocycles. The maximum atomic E-state index is 12.1. The molecule has 1 aromatic rings. The van der Waals surface area contributed by atoms with E-state index in [2.05, 4.69) is 45.7 Å². The van der Waals surface area contributed by atoms with Crippen molar-refractivity contribution in [2.45, 2.75) is 20.3 Å². The third-order valence-corrected chi connectivity index (χ3v) is 5.73. The Bertz CT molecular complexity index is 359. The molecule has 16 heavy (non-hydrogen) atoms. The smallest absolute Gasteiger partial charge is 0.263 e. The minimum atomic E-state index is 0.0942. The monoisotopic (exact) mass is 367 g/mol. The van der Waals surface area contributed by atoms with Crippen molar-refractivity contribution in [3.63, 3.8) is 0 Å². The summed E-state index contributed by atoms with van der Waals surface area (Å²) in [5.41, 5.74) is 0. The summed E-state index contributed by atoms with van der Waals surface area (Å²) in [5, 5.41) is 0. The average molecular weight is 369 g/mol. The number of rotatable bonds is 4. The summed E-state index contributed by atoms with van der Waals surface area (Å²) in [5.74, 6) is 0.637. The highest BCUT2D eigenvalue weighted by Crippen LogP contribution is 2.32. The topological polar surface area (TPSA) is 20.3 Å². The minimum Gasteiger partial charge on any atom is -0.341 e. The normalized spacial score (nSPS) is 12.6. The molecule has 5 heteroatoms. The third-order valence-electron chi connectivity index (χ3n) is 2.49. The fraction of sp³-hybridized carbons (Fsp3) is 0.545. The van der Waals surface area contributed by atoms with Crippen LogP contribution in [-0.2, 0) is 0 Å². The van der Waals surface area contributed by atoms with E-state index in [9.17, 15) is 4.79 Å². The Hall–Kier alpha value is 0.130. The molecule has 90 valence electrons. The second-order valence-electron chi connectivity index (χ2n) is 3.93. The van der Waals surface area contributed by atoms with Crippen LogP contribution in [0.4, 0.5) is 0 Å². The van der Waals surface area contributed by atoms with E-state index >= 15 is 0 Å². The lowest BCUT2D eigenvalue weighted by Crippen LogP contribution is -2.30. The minimum absolute atomic E-state index is 0.0942. The molecule has 1 unspecified atom stereocenters. The molecule has 0 aliphatic heterocycles. The van der Waals surface area contributed by atoms with E-state index in [-0.39, 0.29) is 5.91 Å². The number of carbonyl (C=O) groups is 1. The van der Waals surface area contributed by atoms with Gasteiger partial charge in [0, 0.05) is 18.1 Å². The van der Waals surface area contributed by atoms with Crippen LogP contribution >= 0.6 is 43.2 Å². The summed E-state index contributed by atoms with van der Waals surface area (Å²) in [4.78, 5) is 14.6. The zero-order valence-corrected chi connectivity index (χ0v) is 13.6. The molecule has 0 aromatic carbocycles. The first-order chi connectivity index (χ1) is 7.45. The molecule has 0 aliphatic rings. The highest BCUT2D eigenvalue weighted by Gasteiger charge is 2.17. The van der Waals surface area contributed by atoms with Gasteiger partial charge in [0.1, 0.15) is 0 Å². The molecule has 1 rings (SSSR count). The van der Waals surface area contributed by atoms with Gasteiger partial charge in [0.2, 0.25) is 0 Å². The molecule has 0 radical (unpaired) electrons. The Morgan fingerprint density at radius 3 is 2.62 bits per heavy atom. The third kappa shape index (κ3) is 3.57. The Labute approximate surface area is 117 Å². The average Bonchev–Trinajstić information content (AvgIpc) is 2.57. The van der Waals surface area contributed by atoms with E-state index in [0.717, 1.165) is 26.1 Å². The Balaban J connectivity index is 2.70. The number of carbonyl (C=O) groups excluding carboxylic acids is 1. The van der Waals surface area contributed by atoms with Gasteiger partial charge in [-0.15, -0.1) is 11.3 Å². The van der Waals surface area contributed by atoms with Crippen molar-refractivity contribution in [1.29, 1.82) is 0 Å². The molecule has 0 bridgehead atoms. The first-order valence-electron chi connectivity index (χ1n) is 5.16. The van der Waals surface area contributed by atoms with Crippen LogP contribution in [0.25, 0.3) is 0 Å². The molecule has 0 saturated carbocycles. The van der Waals surface area contributed by atoms with Gasteiger partial charge in [-0.2, -0.15) is 0 Å². The predicted octanol–water partition coefficient (Wildman–Crippen LogP) is 4.39. The highest BCUT2D eigenvalue weighted by atomic mass is 79.9. The summed E-state index contributed by atoms with van der Waals surface area (Å²) in [6, 6.07) is 1.87. The lowest BCUT2D eigenvalue weighted by Gasteiger charge is -2.19. The van der Waals surface area contributed by atoms with Gasteiger partial charge in [0.25, 0.3) is 5.91 Å². The Kier molecular flexibility index (Phi) is 5.47. The van der Waals surface area contributed by atoms with E-state index in [0.29, 0.717) is 5.92 Å². The summed E-state index contributed by atoms with van der Waals surface area (Å²) < 4.78 is 1.91. The zero-order chi connectivity index (χ0) is 12.3. The van der Waals surface area contributed by atoms with Crippen LogP contribution in [0.1, 0.15) is 29.9 Å². The summed E-state index contributed by atoms with van der Waals surface area (Å²) in [6.45, 7) is 5.10. The van der Waals surface area contributed by atoms with E-state index in [1.54, 1.807) is 4.90 Å². The van der Waals surface area contributed by atoms with Gasteiger partial charge >= 0.3 is 0 Å². The number of hydrogen-bond donors (Lipinski definition) is 0. The van der Waals surface area contributed by atoms with Gasteiger partial charge in [-0.05, 0) is 43.8 Å². The van der Waals surface area contributed by atoms with Gasteiger partial charge in [0.15, 0.2) is 0 Å². The molecule has 1 heterocycles. The largest absolute Gasteiger partial charge is 0.341 e. The van der Waals surface area contributed by atoms with Crippen LogP contribution < -0.4 is 0 Å². The molecule has 1 amide bonds. The maximum Gasteiger partial charge on any atom is 0.263 e. The molecule has 1 atom stereocenters. The molecule has 0 aliphatic carbocycles. The van der Waals surface area contributed by atoms with Gasteiger partial charge in [0.05, 0.1) is 8.66 Å².